The zero-order valence-corrected chi connectivity index (χ0v) is 14.6. The van der Waals surface area contributed by atoms with Gasteiger partial charge < -0.3 is 9.80 Å². The van der Waals surface area contributed by atoms with E-state index >= 15 is 0 Å². The lowest BCUT2D eigenvalue weighted by molar-refractivity contribution is 0.171. The Kier molecular flexibility index (Phi) is 7.47. The molecule has 1 saturated heterocycles. The molecular formula is C19H23ClF2N2. The van der Waals surface area contributed by atoms with Crippen LogP contribution in [0.3, 0.4) is 0 Å². The van der Waals surface area contributed by atoms with Crippen molar-refractivity contribution in [2.75, 3.05) is 19.6 Å². The number of likely N-dealkylation sites (tertiary alicyclic amines) is 1. The minimum absolute atomic E-state index is 0.537. The second-order valence-corrected chi connectivity index (χ2v) is 6.20. The Morgan fingerprint density at radius 2 is 1.79 bits per heavy atom. The number of benzene rings is 1. The van der Waals surface area contributed by atoms with Gasteiger partial charge in [-0.25, -0.2) is 8.78 Å². The third-order valence-corrected chi connectivity index (χ3v) is 4.33. The molecule has 0 bridgehead atoms. The monoisotopic (exact) mass is 352 g/mol. The molecule has 1 fully saturated rings. The summed E-state index contributed by atoms with van der Waals surface area (Å²) >= 11 is 6.07. The van der Waals surface area contributed by atoms with Crippen LogP contribution in [0.5, 0.6) is 0 Å². The summed E-state index contributed by atoms with van der Waals surface area (Å²) in [5.74, 6) is -1.07. The zero-order valence-electron chi connectivity index (χ0n) is 13.8. The Balaban J connectivity index is 0.000000219. The van der Waals surface area contributed by atoms with E-state index in [4.69, 9.17) is 11.6 Å². The first-order chi connectivity index (χ1) is 11.6. The van der Waals surface area contributed by atoms with Crippen molar-refractivity contribution < 1.29 is 8.78 Å². The van der Waals surface area contributed by atoms with Crippen LogP contribution < -0.4 is 0 Å². The molecule has 2 aliphatic rings. The van der Waals surface area contributed by atoms with Gasteiger partial charge in [0.05, 0.1) is 5.03 Å². The minimum Gasteiger partial charge on any atom is -0.350 e. The normalized spacial score (nSPS) is 18.7. The van der Waals surface area contributed by atoms with Crippen LogP contribution in [-0.2, 0) is 0 Å². The molecule has 0 aliphatic carbocycles. The Bertz CT molecular complexity index is 588. The molecule has 3 rings (SSSR count). The second-order valence-electron chi connectivity index (χ2n) is 5.77. The van der Waals surface area contributed by atoms with Gasteiger partial charge in [0, 0.05) is 37.6 Å². The van der Waals surface area contributed by atoms with Gasteiger partial charge in [-0.2, -0.15) is 0 Å². The fourth-order valence-electron chi connectivity index (χ4n) is 2.75. The maximum atomic E-state index is 11.9. The molecule has 0 amide bonds. The van der Waals surface area contributed by atoms with Crippen LogP contribution in [0.2, 0.25) is 0 Å². The zero-order chi connectivity index (χ0) is 17.4. The molecule has 0 unspecified atom stereocenters. The van der Waals surface area contributed by atoms with Crippen LogP contribution in [0.25, 0.3) is 0 Å². The van der Waals surface area contributed by atoms with E-state index in [1.54, 1.807) is 0 Å². The molecule has 2 nitrogen and oxygen atoms in total. The highest BCUT2D eigenvalue weighted by molar-refractivity contribution is 6.31. The van der Waals surface area contributed by atoms with Crippen LogP contribution in [0, 0.1) is 11.6 Å². The fraction of sp³-hybridized carbons (Fsp3) is 0.368. The molecule has 2 aliphatic heterocycles. The first-order valence-electron chi connectivity index (χ1n) is 8.21. The SMILES string of the molecule is CCN1CCC(N2C=CC=CC(Cl)=C2)CC1.Fc1cccc(F)c1. The second kappa shape index (κ2) is 9.60. The predicted molar refractivity (Wildman–Crippen MR) is 95.5 cm³/mol. The lowest BCUT2D eigenvalue weighted by atomic mass is 10.0. The molecule has 130 valence electrons. The summed E-state index contributed by atoms with van der Waals surface area (Å²) < 4.78 is 23.9. The number of hydrogen-bond acceptors (Lipinski definition) is 2. The van der Waals surface area contributed by atoms with Gasteiger partial charge in [0.15, 0.2) is 0 Å². The Morgan fingerprint density at radius 1 is 1.12 bits per heavy atom. The quantitative estimate of drug-likeness (QED) is 0.746. The number of halogens is 3. The average Bonchev–Trinajstić information content (AvgIpc) is 2.80. The maximum absolute atomic E-state index is 11.9. The third kappa shape index (κ3) is 6.10. The maximum Gasteiger partial charge on any atom is 0.126 e. The van der Waals surface area contributed by atoms with E-state index in [-0.39, 0.29) is 0 Å². The Hall–Kier alpha value is -1.65. The van der Waals surface area contributed by atoms with Crippen molar-refractivity contribution in [1.29, 1.82) is 0 Å². The van der Waals surface area contributed by atoms with Gasteiger partial charge in [0.1, 0.15) is 11.6 Å². The predicted octanol–water partition coefficient (Wildman–Crippen LogP) is 4.90. The van der Waals surface area contributed by atoms with Crippen LogP contribution in [0.15, 0.2) is 59.9 Å². The van der Waals surface area contributed by atoms with Crippen molar-refractivity contribution in [3.05, 3.63) is 71.6 Å². The van der Waals surface area contributed by atoms with Crippen molar-refractivity contribution in [2.45, 2.75) is 25.8 Å². The van der Waals surface area contributed by atoms with E-state index < -0.39 is 11.6 Å². The van der Waals surface area contributed by atoms with Crippen molar-refractivity contribution in [3.8, 4) is 0 Å². The lowest BCUT2D eigenvalue weighted by Gasteiger charge is -2.36. The molecule has 0 radical (unpaired) electrons. The van der Waals surface area contributed by atoms with E-state index in [9.17, 15) is 8.78 Å². The summed E-state index contributed by atoms with van der Waals surface area (Å²) in [4.78, 5) is 4.76. The van der Waals surface area contributed by atoms with Crippen LogP contribution in [0.4, 0.5) is 8.78 Å². The molecule has 2 heterocycles. The molecule has 0 atom stereocenters. The highest BCUT2D eigenvalue weighted by Crippen LogP contribution is 2.20. The fourth-order valence-corrected chi connectivity index (χ4v) is 2.93. The van der Waals surface area contributed by atoms with Crippen molar-refractivity contribution >= 4 is 11.6 Å². The van der Waals surface area contributed by atoms with Gasteiger partial charge in [-0.1, -0.05) is 30.7 Å². The van der Waals surface area contributed by atoms with Gasteiger partial charge in [-0.15, -0.1) is 0 Å². The largest absolute Gasteiger partial charge is 0.350 e. The first-order valence-corrected chi connectivity index (χ1v) is 8.59. The van der Waals surface area contributed by atoms with Crippen LogP contribution in [-0.4, -0.2) is 35.5 Å². The van der Waals surface area contributed by atoms with E-state index in [0.29, 0.717) is 6.04 Å². The molecule has 0 saturated carbocycles. The van der Waals surface area contributed by atoms with E-state index in [2.05, 4.69) is 29.0 Å². The molecule has 0 aromatic heterocycles. The van der Waals surface area contributed by atoms with Gasteiger partial charge in [0.2, 0.25) is 0 Å². The Morgan fingerprint density at radius 3 is 2.33 bits per heavy atom. The Labute approximate surface area is 147 Å². The molecular weight excluding hydrogens is 330 g/mol. The first kappa shape index (κ1) is 18.7. The average molecular weight is 353 g/mol. The van der Waals surface area contributed by atoms with E-state index in [1.807, 2.05) is 18.4 Å². The topological polar surface area (TPSA) is 6.48 Å². The molecule has 1 aromatic carbocycles. The molecule has 0 spiro atoms. The summed E-state index contributed by atoms with van der Waals surface area (Å²) in [5.41, 5.74) is 0. The smallest absolute Gasteiger partial charge is 0.126 e. The number of hydrogen-bond donors (Lipinski definition) is 0. The highest BCUT2D eigenvalue weighted by Gasteiger charge is 2.21. The summed E-state index contributed by atoms with van der Waals surface area (Å²) in [5, 5.41) is 0.808. The van der Waals surface area contributed by atoms with Gasteiger partial charge in [-0.05, 0) is 43.7 Å². The lowest BCUT2D eigenvalue weighted by Crippen LogP contribution is -2.41. The number of allylic oxidation sites excluding steroid dienone is 4. The summed E-state index contributed by atoms with van der Waals surface area (Å²) in [6.07, 6.45) is 12.6. The number of nitrogens with zero attached hydrogens (tertiary/aromatic N) is 2. The van der Waals surface area contributed by atoms with Crippen LogP contribution >= 0.6 is 11.6 Å². The van der Waals surface area contributed by atoms with E-state index in [0.717, 1.165) is 11.1 Å². The van der Waals surface area contributed by atoms with Crippen molar-refractivity contribution in [3.63, 3.8) is 0 Å². The van der Waals surface area contributed by atoms with Crippen molar-refractivity contribution in [2.24, 2.45) is 0 Å². The molecule has 0 N–H and O–H groups in total. The number of rotatable bonds is 2. The number of piperidine rings is 1. The van der Waals surface area contributed by atoms with Crippen molar-refractivity contribution in [1.82, 2.24) is 9.80 Å². The van der Waals surface area contributed by atoms with Gasteiger partial charge >= 0.3 is 0 Å². The molecule has 24 heavy (non-hydrogen) atoms. The summed E-state index contributed by atoms with van der Waals surface area (Å²) in [6.45, 7) is 5.79. The summed E-state index contributed by atoms with van der Waals surface area (Å²) in [7, 11) is 0. The highest BCUT2D eigenvalue weighted by atomic mass is 35.5. The van der Waals surface area contributed by atoms with Gasteiger partial charge in [-0.3, -0.25) is 0 Å². The third-order valence-electron chi connectivity index (χ3n) is 4.11. The molecule has 1 aromatic rings. The standard InChI is InChI=1S/C13H19ClN2.C6H4F2/c1-2-15-9-6-13(7-10-15)16-8-4-3-5-12(14)11-16;7-5-2-1-3-6(8)4-5/h3-5,8,11,13H,2,6-7,9-10H2,1H3;1-4H. The minimum atomic E-state index is -0.537. The molecule has 5 heteroatoms. The van der Waals surface area contributed by atoms with E-state index in [1.165, 1.54) is 50.7 Å². The summed E-state index contributed by atoms with van der Waals surface area (Å²) in [6, 6.07) is 5.16. The van der Waals surface area contributed by atoms with Crippen LogP contribution in [0.1, 0.15) is 19.8 Å². The van der Waals surface area contributed by atoms with Gasteiger partial charge in [0.25, 0.3) is 0 Å².